The summed E-state index contributed by atoms with van der Waals surface area (Å²) in [6, 6.07) is 2.60. The zero-order valence-corrected chi connectivity index (χ0v) is 12.8. The van der Waals surface area contributed by atoms with Gasteiger partial charge in [-0.2, -0.15) is 0 Å². The molecule has 4 heteroatoms. The van der Waals surface area contributed by atoms with E-state index in [1.165, 1.54) is 51.5 Å². The maximum atomic E-state index is 4.45. The van der Waals surface area contributed by atoms with E-state index in [1.54, 1.807) is 0 Å². The molecule has 21 heavy (non-hydrogen) atoms. The lowest BCUT2D eigenvalue weighted by Gasteiger charge is -2.49. The average molecular weight is 286 g/mol. The van der Waals surface area contributed by atoms with E-state index in [9.17, 15) is 0 Å². The number of nitrogens with one attached hydrogen (secondary N) is 1. The number of rotatable bonds is 3. The van der Waals surface area contributed by atoms with Crippen molar-refractivity contribution in [2.75, 3.05) is 13.1 Å². The first-order valence-corrected chi connectivity index (χ1v) is 8.60. The maximum absolute atomic E-state index is 4.45. The number of nitrogens with zero attached hydrogens (tertiary/aromatic N) is 3. The van der Waals surface area contributed by atoms with Crippen molar-refractivity contribution >= 4 is 0 Å². The van der Waals surface area contributed by atoms with Gasteiger partial charge in [0, 0.05) is 37.1 Å². The van der Waals surface area contributed by atoms with Gasteiger partial charge in [0.1, 0.15) is 5.82 Å². The summed E-state index contributed by atoms with van der Waals surface area (Å²) in [4.78, 5) is 11.6. The van der Waals surface area contributed by atoms with Gasteiger partial charge in [0.15, 0.2) is 0 Å². The Morgan fingerprint density at radius 2 is 1.90 bits per heavy atom. The lowest BCUT2D eigenvalue weighted by molar-refractivity contribution is 0.0391. The van der Waals surface area contributed by atoms with Crippen LogP contribution in [0.4, 0.5) is 0 Å². The third-order valence-corrected chi connectivity index (χ3v) is 5.60. The van der Waals surface area contributed by atoms with Crippen LogP contribution in [0.3, 0.4) is 0 Å². The molecular formula is C17H26N4. The Bertz CT molecular complexity index is 465. The molecule has 3 aliphatic rings. The van der Waals surface area contributed by atoms with Crippen LogP contribution in [0.1, 0.15) is 50.8 Å². The smallest absolute Gasteiger partial charge is 0.142 e. The van der Waals surface area contributed by atoms with Gasteiger partial charge in [-0.15, -0.1) is 0 Å². The van der Waals surface area contributed by atoms with Gasteiger partial charge in [-0.05, 0) is 37.7 Å². The molecule has 0 amide bonds. The zero-order chi connectivity index (χ0) is 14.1. The molecule has 0 radical (unpaired) electrons. The van der Waals surface area contributed by atoms with Gasteiger partial charge in [-0.3, -0.25) is 4.90 Å². The Morgan fingerprint density at radius 1 is 1.14 bits per heavy atom. The van der Waals surface area contributed by atoms with Gasteiger partial charge in [-0.25, -0.2) is 9.97 Å². The van der Waals surface area contributed by atoms with Crippen LogP contribution >= 0.6 is 0 Å². The first kappa shape index (κ1) is 13.6. The van der Waals surface area contributed by atoms with Crippen molar-refractivity contribution in [3.05, 3.63) is 24.3 Å². The number of aromatic nitrogens is 2. The number of hydrogen-bond donors (Lipinski definition) is 1. The minimum absolute atomic E-state index is 0.373. The van der Waals surface area contributed by atoms with Crippen LogP contribution in [-0.2, 0) is 6.54 Å². The Morgan fingerprint density at radius 3 is 2.62 bits per heavy atom. The molecule has 1 aromatic heterocycles. The van der Waals surface area contributed by atoms with E-state index in [0.29, 0.717) is 11.6 Å². The lowest BCUT2D eigenvalue weighted by atomic mass is 9.79. The van der Waals surface area contributed by atoms with Crippen LogP contribution in [0.5, 0.6) is 0 Å². The largest absolute Gasteiger partial charge is 0.308 e. The third-order valence-electron chi connectivity index (χ3n) is 5.60. The molecule has 2 heterocycles. The average Bonchev–Trinajstić information content (AvgIpc) is 3.34. The summed E-state index contributed by atoms with van der Waals surface area (Å²) in [6.07, 6.45) is 13.4. The molecule has 1 N–H and O–H groups in total. The number of hydrogen-bond acceptors (Lipinski definition) is 4. The SMILES string of the molecule is c1cnc(CN2CC3(CCCCC3)NCC2C2CC2)nc1. The molecule has 114 valence electrons. The van der Waals surface area contributed by atoms with Crippen molar-refractivity contribution in [3.63, 3.8) is 0 Å². The first-order valence-electron chi connectivity index (χ1n) is 8.60. The van der Waals surface area contributed by atoms with Crippen molar-refractivity contribution in [2.24, 2.45) is 5.92 Å². The van der Waals surface area contributed by atoms with Crippen molar-refractivity contribution in [1.82, 2.24) is 20.2 Å². The van der Waals surface area contributed by atoms with Crippen molar-refractivity contribution in [1.29, 1.82) is 0 Å². The van der Waals surface area contributed by atoms with Crippen LogP contribution in [-0.4, -0.2) is 39.5 Å². The van der Waals surface area contributed by atoms with Gasteiger partial charge in [-0.1, -0.05) is 19.3 Å². The molecule has 4 rings (SSSR count). The minimum atomic E-state index is 0.373. The second-order valence-electron chi connectivity index (χ2n) is 7.20. The Hall–Kier alpha value is -1.00. The highest BCUT2D eigenvalue weighted by atomic mass is 15.3. The fourth-order valence-electron chi connectivity index (χ4n) is 4.29. The fourth-order valence-corrected chi connectivity index (χ4v) is 4.29. The standard InChI is InChI=1S/C17H26N4/c1-2-7-17(8-3-1)13-21(12-16-18-9-4-10-19-16)15(11-20-17)14-5-6-14/h4,9-10,14-15,20H,1-3,5-8,11-13H2. The van der Waals surface area contributed by atoms with E-state index >= 15 is 0 Å². The van der Waals surface area contributed by atoms with E-state index in [0.717, 1.165) is 24.8 Å². The zero-order valence-electron chi connectivity index (χ0n) is 12.8. The predicted octanol–water partition coefficient (Wildman–Crippen LogP) is 2.36. The molecule has 0 bridgehead atoms. The molecule has 1 spiro atoms. The van der Waals surface area contributed by atoms with Gasteiger partial charge in [0.2, 0.25) is 0 Å². The highest BCUT2D eigenvalue weighted by Gasteiger charge is 2.44. The fraction of sp³-hybridized carbons (Fsp3) is 0.765. The van der Waals surface area contributed by atoms with Gasteiger partial charge in [0.05, 0.1) is 6.54 Å². The molecule has 2 saturated carbocycles. The molecule has 1 saturated heterocycles. The highest BCUT2D eigenvalue weighted by Crippen LogP contribution is 2.40. The Balaban J connectivity index is 1.51. The van der Waals surface area contributed by atoms with Crippen LogP contribution in [0.25, 0.3) is 0 Å². The van der Waals surface area contributed by atoms with E-state index in [2.05, 4.69) is 20.2 Å². The summed E-state index contributed by atoms with van der Waals surface area (Å²) in [5, 5.41) is 3.94. The summed E-state index contributed by atoms with van der Waals surface area (Å²) in [7, 11) is 0. The second kappa shape index (κ2) is 5.65. The van der Waals surface area contributed by atoms with Crippen molar-refractivity contribution < 1.29 is 0 Å². The van der Waals surface area contributed by atoms with E-state index in [-0.39, 0.29) is 0 Å². The first-order chi connectivity index (χ1) is 10.3. The Kier molecular flexibility index (Phi) is 3.67. The van der Waals surface area contributed by atoms with E-state index in [4.69, 9.17) is 0 Å². The summed E-state index contributed by atoms with van der Waals surface area (Å²) < 4.78 is 0. The molecule has 3 fully saturated rings. The maximum Gasteiger partial charge on any atom is 0.142 e. The van der Waals surface area contributed by atoms with Crippen LogP contribution in [0.15, 0.2) is 18.5 Å². The van der Waals surface area contributed by atoms with E-state index < -0.39 is 0 Å². The Labute approximate surface area is 127 Å². The third kappa shape index (κ3) is 2.97. The van der Waals surface area contributed by atoms with Crippen LogP contribution in [0.2, 0.25) is 0 Å². The summed E-state index contributed by atoms with van der Waals surface area (Å²) in [6.45, 7) is 3.27. The monoisotopic (exact) mass is 286 g/mol. The van der Waals surface area contributed by atoms with Gasteiger partial charge in [0.25, 0.3) is 0 Å². The van der Waals surface area contributed by atoms with E-state index in [1.807, 2.05) is 18.5 Å². The van der Waals surface area contributed by atoms with Crippen LogP contribution < -0.4 is 5.32 Å². The second-order valence-corrected chi connectivity index (χ2v) is 7.20. The molecule has 2 aliphatic carbocycles. The molecule has 4 nitrogen and oxygen atoms in total. The highest BCUT2D eigenvalue weighted by molar-refractivity contribution is 5.04. The molecule has 1 unspecified atom stereocenters. The molecular weight excluding hydrogens is 260 g/mol. The van der Waals surface area contributed by atoms with Crippen molar-refractivity contribution in [3.8, 4) is 0 Å². The normalized spacial score (nSPS) is 29.6. The van der Waals surface area contributed by atoms with Gasteiger partial charge < -0.3 is 5.32 Å². The van der Waals surface area contributed by atoms with Crippen LogP contribution in [0, 0.1) is 5.92 Å². The molecule has 1 aliphatic heterocycles. The predicted molar refractivity (Wildman–Crippen MR) is 82.8 cm³/mol. The summed E-state index contributed by atoms with van der Waals surface area (Å²) in [5.41, 5.74) is 0.373. The quantitative estimate of drug-likeness (QED) is 0.926. The van der Waals surface area contributed by atoms with Crippen molar-refractivity contribution in [2.45, 2.75) is 63.1 Å². The minimum Gasteiger partial charge on any atom is -0.308 e. The topological polar surface area (TPSA) is 41.1 Å². The number of piperazine rings is 1. The summed E-state index contributed by atoms with van der Waals surface area (Å²) >= 11 is 0. The molecule has 1 aromatic rings. The summed E-state index contributed by atoms with van der Waals surface area (Å²) in [5.74, 6) is 1.89. The molecule has 1 atom stereocenters. The molecule has 0 aromatic carbocycles. The van der Waals surface area contributed by atoms with Gasteiger partial charge >= 0.3 is 0 Å². The lowest BCUT2D eigenvalue weighted by Crippen LogP contribution is -2.65.